The van der Waals surface area contributed by atoms with E-state index in [1.807, 2.05) is 53.1 Å². The monoisotopic (exact) mass is 427 g/mol. The van der Waals surface area contributed by atoms with Gasteiger partial charge >= 0.3 is 0 Å². The quantitative estimate of drug-likeness (QED) is 0.332. The van der Waals surface area contributed by atoms with Crippen LogP contribution < -0.4 is 5.73 Å². The van der Waals surface area contributed by atoms with Crippen LogP contribution in [0.15, 0.2) is 79.3 Å². The van der Waals surface area contributed by atoms with Crippen molar-refractivity contribution in [2.75, 3.05) is 5.73 Å². The maximum absolute atomic E-state index is 6.06. The molecular formula is C26H17N7. The fourth-order valence-corrected chi connectivity index (χ4v) is 3.88. The number of nitrogens with zero attached hydrogens (tertiary/aromatic N) is 6. The summed E-state index contributed by atoms with van der Waals surface area (Å²) >= 11 is 0. The zero-order valence-corrected chi connectivity index (χ0v) is 17.5. The van der Waals surface area contributed by atoms with E-state index >= 15 is 0 Å². The van der Waals surface area contributed by atoms with Crippen molar-refractivity contribution >= 4 is 38.8 Å². The minimum atomic E-state index is 0.330. The average Bonchev–Trinajstić information content (AvgIpc) is 3.22. The van der Waals surface area contributed by atoms with E-state index in [0.717, 1.165) is 27.4 Å². The molecule has 0 aliphatic heterocycles. The molecule has 4 aromatic heterocycles. The smallest absolute Gasteiger partial charge is 0.188 e. The Morgan fingerprint density at radius 2 is 1.55 bits per heavy atom. The number of imidazole rings is 1. The maximum Gasteiger partial charge on any atom is 0.188 e. The largest absolute Gasteiger partial charge is 0.382 e. The summed E-state index contributed by atoms with van der Waals surface area (Å²) in [6, 6.07) is 22.1. The number of nitrogen functional groups attached to an aromatic ring is 1. The van der Waals surface area contributed by atoms with Crippen LogP contribution >= 0.6 is 0 Å². The number of anilines is 1. The molecule has 0 spiro atoms. The van der Waals surface area contributed by atoms with Crippen molar-refractivity contribution in [1.29, 1.82) is 0 Å². The van der Waals surface area contributed by atoms with Crippen LogP contribution in [0.25, 0.3) is 33.0 Å². The number of hydrogen-bond acceptors (Lipinski definition) is 6. The van der Waals surface area contributed by atoms with E-state index in [-0.39, 0.29) is 0 Å². The Bertz CT molecular complexity index is 1710. The highest BCUT2D eigenvalue weighted by Crippen LogP contribution is 2.22. The van der Waals surface area contributed by atoms with Crippen molar-refractivity contribution in [3.63, 3.8) is 0 Å². The van der Waals surface area contributed by atoms with Crippen molar-refractivity contribution in [2.24, 2.45) is 0 Å². The van der Waals surface area contributed by atoms with Crippen LogP contribution in [0.3, 0.4) is 0 Å². The Morgan fingerprint density at radius 3 is 2.42 bits per heavy atom. The van der Waals surface area contributed by atoms with E-state index in [9.17, 15) is 0 Å². The van der Waals surface area contributed by atoms with Crippen molar-refractivity contribution in [3.05, 3.63) is 96.3 Å². The van der Waals surface area contributed by atoms with Gasteiger partial charge in [0.1, 0.15) is 12.0 Å². The third-order valence-electron chi connectivity index (χ3n) is 5.48. The van der Waals surface area contributed by atoms with E-state index in [1.165, 1.54) is 6.33 Å². The van der Waals surface area contributed by atoms with Gasteiger partial charge in [-0.2, -0.15) is 0 Å². The van der Waals surface area contributed by atoms with E-state index in [4.69, 9.17) is 10.7 Å². The molecule has 0 unspecified atom stereocenters. The van der Waals surface area contributed by atoms with Gasteiger partial charge < -0.3 is 5.73 Å². The van der Waals surface area contributed by atoms with E-state index in [2.05, 4.69) is 50.0 Å². The molecule has 0 saturated heterocycles. The molecule has 0 atom stereocenters. The van der Waals surface area contributed by atoms with Gasteiger partial charge in [0.2, 0.25) is 0 Å². The van der Waals surface area contributed by atoms with Gasteiger partial charge in [-0.3, -0.25) is 9.55 Å². The minimum Gasteiger partial charge on any atom is -0.382 e. The van der Waals surface area contributed by atoms with Crippen LogP contribution in [0.4, 0.5) is 5.82 Å². The van der Waals surface area contributed by atoms with Gasteiger partial charge in [-0.25, -0.2) is 19.9 Å². The Balaban J connectivity index is 1.48. The summed E-state index contributed by atoms with van der Waals surface area (Å²) in [5.74, 6) is 7.22. The van der Waals surface area contributed by atoms with Crippen LogP contribution in [0.1, 0.15) is 17.1 Å². The summed E-state index contributed by atoms with van der Waals surface area (Å²) in [7, 11) is 0. The maximum atomic E-state index is 6.06. The summed E-state index contributed by atoms with van der Waals surface area (Å²) in [4.78, 5) is 22.4. The summed E-state index contributed by atoms with van der Waals surface area (Å²) in [6.07, 6.45) is 3.22. The number of benzene rings is 2. The number of rotatable bonds is 2. The standard InChI is InChI=1S/C26H17N7/c27-25-24-26(30-16-29-25)33(15-17-5-2-1-3-6-17)21(32-24)13-12-20-11-10-19-9-8-18-7-4-14-28-22(18)23(19)31-20/h1-11,14,16H,15H2,(H2,27,29,30). The number of nitrogens with two attached hydrogens (primary N) is 1. The van der Waals surface area contributed by atoms with Gasteiger partial charge in [-0.05, 0) is 35.6 Å². The minimum absolute atomic E-state index is 0.330. The molecule has 0 aliphatic rings. The highest BCUT2D eigenvalue weighted by Gasteiger charge is 2.14. The Kier molecular flexibility index (Phi) is 4.41. The van der Waals surface area contributed by atoms with Crippen molar-refractivity contribution in [2.45, 2.75) is 6.54 Å². The molecule has 7 nitrogen and oxygen atoms in total. The Morgan fingerprint density at radius 1 is 0.727 bits per heavy atom. The molecule has 6 aromatic rings. The van der Waals surface area contributed by atoms with E-state index in [0.29, 0.717) is 35.0 Å². The summed E-state index contributed by atoms with van der Waals surface area (Å²) < 4.78 is 1.95. The van der Waals surface area contributed by atoms with Crippen LogP contribution in [0.2, 0.25) is 0 Å². The number of aromatic nitrogens is 6. The number of fused-ring (bicyclic) bond motifs is 4. The highest BCUT2D eigenvalue weighted by molar-refractivity contribution is 6.02. The predicted molar refractivity (Wildman–Crippen MR) is 128 cm³/mol. The normalized spacial score (nSPS) is 11.0. The molecule has 4 heterocycles. The zero-order valence-electron chi connectivity index (χ0n) is 17.5. The van der Waals surface area contributed by atoms with Crippen LogP contribution in [0.5, 0.6) is 0 Å². The first-order valence-corrected chi connectivity index (χ1v) is 10.4. The van der Waals surface area contributed by atoms with Gasteiger partial charge in [-0.1, -0.05) is 48.5 Å². The topological polar surface area (TPSA) is 95.4 Å². The Hall–Kier alpha value is -4.83. The van der Waals surface area contributed by atoms with Crippen molar-refractivity contribution in [3.8, 4) is 11.8 Å². The van der Waals surface area contributed by atoms with Gasteiger partial charge in [-0.15, -0.1) is 0 Å². The third kappa shape index (κ3) is 3.40. The molecule has 0 bridgehead atoms. The molecule has 2 aromatic carbocycles. The molecule has 33 heavy (non-hydrogen) atoms. The van der Waals surface area contributed by atoms with Gasteiger partial charge in [0.05, 0.1) is 17.6 Å². The first kappa shape index (κ1) is 18.9. The molecule has 0 amide bonds. The fraction of sp³-hybridized carbons (Fsp3) is 0.0385. The summed E-state index contributed by atoms with van der Waals surface area (Å²) in [5.41, 5.74) is 10.7. The Labute approximate surface area is 189 Å². The van der Waals surface area contributed by atoms with Gasteiger partial charge in [0.25, 0.3) is 0 Å². The third-order valence-corrected chi connectivity index (χ3v) is 5.48. The highest BCUT2D eigenvalue weighted by atomic mass is 15.1. The first-order chi connectivity index (χ1) is 16.3. The van der Waals surface area contributed by atoms with E-state index < -0.39 is 0 Å². The summed E-state index contributed by atoms with van der Waals surface area (Å²) in [6.45, 7) is 0.567. The van der Waals surface area contributed by atoms with Gasteiger partial charge in [0, 0.05) is 17.0 Å². The second kappa shape index (κ2) is 7.70. The second-order valence-electron chi connectivity index (χ2n) is 7.60. The van der Waals surface area contributed by atoms with E-state index in [1.54, 1.807) is 6.20 Å². The van der Waals surface area contributed by atoms with Crippen molar-refractivity contribution in [1.82, 2.24) is 29.5 Å². The van der Waals surface area contributed by atoms with Crippen LogP contribution in [-0.2, 0) is 6.54 Å². The average molecular weight is 427 g/mol. The van der Waals surface area contributed by atoms with Crippen LogP contribution in [-0.4, -0.2) is 29.5 Å². The number of hydrogen-bond donors (Lipinski definition) is 1. The lowest BCUT2D eigenvalue weighted by Crippen LogP contribution is -2.04. The molecule has 0 radical (unpaired) electrons. The molecule has 0 aliphatic carbocycles. The molecule has 2 N–H and O–H groups in total. The lowest BCUT2D eigenvalue weighted by Gasteiger charge is -2.05. The number of pyridine rings is 2. The fourth-order valence-electron chi connectivity index (χ4n) is 3.88. The SMILES string of the molecule is Nc1ncnc2c1nc(C#Cc1ccc3ccc4cccnc4c3n1)n2Cc1ccccc1. The van der Waals surface area contributed by atoms with Crippen LogP contribution in [0, 0.1) is 11.8 Å². The molecule has 0 fully saturated rings. The first-order valence-electron chi connectivity index (χ1n) is 10.4. The summed E-state index contributed by atoms with van der Waals surface area (Å²) in [5, 5.41) is 2.06. The molecule has 7 heteroatoms. The lowest BCUT2D eigenvalue weighted by atomic mass is 10.1. The van der Waals surface area contributed by atoms with Gasteiger partial charge in [0.15, 0.2) is 22.8 Å². The zero-order chi connectivity index (χ0) is 22.2. The molecule has 6 rings (SSSR count). The molecular weight excluding hydrogens is 410 g/mol. The lowest BCUT2D eigenvalue weighted by molar-refractivity contribution is 0.800. The molecule has 156 valence electrons. The molecule has 0 saturated carbocycles. The predicted octanol–water partition coefficient (Wildman–Crippen LogP) is 3.95. The second-order valence-corrected chi connectivity index (χ2v) is 7.60. The van der Waals surface area contributed by atoms with Crippen molar-refractivity contribution < 1.29 is 0 Å².